The first-order chi connectivity index (χ1) is 11.6. The van der Waals surface area contributed by atoms with Gasteiger partial charge >= 0.3 is 0 Å². The minimum atomic E-state index is -0.872. The average Bonchev–Trinajstić information content (AvgIpc) is 2.63. The third-order valence-electron chi connectivity index (χ3n) is 4.17. The van der Waals surface area contributed by atoms with Gasteiger partial charge in [-0.3, -0.25) is 0 Å². The van der Waals surface area contributed by atoms with E-state index < -0.39 is 24.6 Å². The third-order valence-corrected chi connectivity index (χ3v) is 4.17. The number of hydrogen-bond acceptors (Lipinski definition) is 4. The van der Waals surface area contributed by atoms with E-state index in [0.717, 1.165) is 16.7 Å². The molecule has 1 fully saturated rings. The molecule has 4 atom stereocenters. The van der Waals surface area contributed by atoms with E-state index in [-0.39, 0.29) is 6.61 Å². The Labute approximate surface area is 142 Å². The van der Waals surface area contributed by atoms with Gasteiger partial charge in [0.05, 0.1) is 12.7 Å². The Bertz CT molecular complexity index is 656. The molecule has 0 radical (unpaired) electrons. The quantitative estimate of drug-likeness (QED) is 0.887. The largest absolute Gasteiger partial charge is 0.390 e. The molecule has 4 heteroatoms. The Balaban J connectivity index is 1.66. The molecule has 1 aliphatic rings. The Morgan fingerprint density at radius 1 is 1.08 bits per heavy atom. The molecule has 0 amide bonds. The fraction of sp³-hybridized carbons (Fsp3) is 0.300. The maximum Gasteiger partial charge on any atom is 0.184 e. The molecule has 1 saturated heterocycles. The molecule has 0 bridgehead atoms. The Morgan fingerprint density at radius 3 is 2.38 bits per heavy atom. The van der Waals surface area contributed by atoms with Gasteiger partial charge in [0.25, 0.3) is 0 Å². The van der Waals surface area contributed by atoms with Crippen LogP contribution < -0.4 is 0 Å². The molecule has 126 valence electrons. The zero-order chi connectivity index (χ0) is 16.9. The fourth-order valence-electron chi connectivity index (χ4n) is 2.85. The van der Waals surface area contributed by atoms with E-state index in [1.807, 2.05) is 60.7 Å². The lowest BCUT2D eigenvalue weighted by molar-refractivity contribution is -0.275. The van der Waals surface area contributed by atoms with E-state index in [1.54, 1.807) is 0 Å². The topological polar surface area (TPSA) is 58.9 Å². The molecule has 1 heterocycles. The minimum Gasteiger partial charge on any atom is -0.390 e. The smallest absolute Gasteiger partial charge is 0.184 e. The molecule has 0 aromatic heterocycles. The number of aliphatic hydroxyl groups is 2. The van der Waals surface area contributed by atoms with Gasteiger partial charge in [0.1, 0.15) is 12.2 Å². The maximum atomic E-state index is 10.5. The number of hydrogen-bond donors (Lipinski definition) is 2. The number of aliphatic hydroxyl groups excluding tert-OH is 2. The molecule has 24 heavy (non-hydrogen) atoms. The standard InChI is InChI=1S/C20H22O4/c1-14(15-8-4-2-5-9-15)12-17(21)19-18(22)13-23-20(24-19)16-10-6-3-7-11-16/h2-11,17-22H,1,12-13H2/t17-,18+,19-,20+/m0/s1. The maximum absolute atomic E-state index is 10.5. The molecule has 3 rings (SSSR count). The van der Waals surface area contributed by atoms with Crippen molar-refractivity contribution in [1.29, 1.82) is 0 Å². The van der Waals surface area contributed by atoms with Crippen LogP contribution in [0.5, 0.6) is 0 Å². The summed E-state index contributed by atoms with van der Waals surface area (Å²) in [5, 5.41) is 20.7. The van der Waals surface area contributed by atoms with Gasteiger partial charge in [0, 0.05) is 12.0 Å². The first-order valence-corrected chi connectivity index (χ1v) is 8.06. The predicted molar refractivity (Wildman–Crippen MR) is 92.1 cm³/mol. The van der Waals surface area contributed by atoms with Gasteiger partial charge < -0.3 is 19.7 Å². The van der Waals surface area contributed by atoms with Crippen LogP contribution in [0.2, 0.25) is 0 Å². The molecule has 1 aliphatic heterocycles. The number of rotatable bonds is 5. The van der Waals surface area contributed by atoms with Crippen molar-refractivity contribution in [1.82, 2.24) is 0 Å². The number of benzene rings is 2. The lowest BCUT2D eigenvalue weighted by atomic mass is 9.96. The molecular weight excluding hydrogens is 304 g/mol. The van der Waals surface area contributed by atoms with Gasteiger partial charge in [-0.25, -0.2) is 0 Å². The Morgan fingerprint density at radius 2 is 1.71 bits per heavy atom. The van der Waals surface area contributed by atoms with Crippen LogP contribution in [-0.4, -0.2) is 35.1 Å². The molecule has 4 nitrogen and oxygen atoms in total. The summed E-state index contributed by atoms with van der Waals surface area (Å²) in [6, 6.07) is 19.2. The van der Waals surface area contributed by atoms with Crippen LogP contribution in [0.4, 0.5) is 0 Å². The SMILES string of the molecule is C=C(C[C@H](O)[C@@H]1O[C@H](c2ccccc2)OC[C@H]1O)c1ccccc1. The van der Waals surface area contributed by atoms with Crippen molar-refractivity contribution in [3.8, 4) is 0 Å². The minimum absolute atomic E-state index is 0.124. The highest BCUT2D eigenvalue weighted by Crippen LogP contribution is 2.30. The van der Waals surface area contributed by atoms with Gasteiger partial charge in [0.15, 0.2) is 6.29 Å². The van der Waals surface area contributed by atoms with Crippen molar-refractivity contribution in [2.75, 3.05) is 6.61 Å². The Hall–Kier alpha value is -1.98. The summed E-state index contributed by atoms with van der Waals surface area (Å²) in [6.45, 7) is 4.16. The molecule has 0 spiro atoms. The molecule has 0 aliphatic carbocycles. The predicted octanol–water partition coefficient (Wildman–Crippen LogP) is 2.93. The average molecular weight is 326 g/mol. The summed E-state index contributed by atoms with van der Waals surface area (Å²) in [4.78, 5) is 0. The lowest BCUT2D eigenvalue weighted by Gasteiger charge is -2.36. The second-order valence-electron chi connectivity index (χ2n) is 5.99. The molecule has 0 saturated carbocycles. The summed E-state index contributed by atoms with van der Waals surface area (Å²) < 4.78 is 11.4. The van der Waals surface area contributed by atoms with Crippen LogP contribution in [0.15, 0.2) is 67.2 Å². The van der Waals surface area contributed by atoms with Crippen LogP contribution in [0.1, 0.15) is 23.8 Å². The monoisotopic (exact) mass is 326 g/mol. The number of ether oxygens (including phenoxy) is 2. The summed E-state index contributed by atoms with van der Waals surface area (Å²) in [7, 11) is 0. The molecule has 2 aromatic carbocycles. The van der Waals surface area contributed by atoms with E-state index >= 15 is 0 Å². The molecule has 2 N–H and O–H groups in total. The molecular formula is C20H22O4. The van der Waals surface area contributed by atoms with Crippen LogP contribution in [0.3, 0.4) is 0 Å². The van der Waals surface area contributed by atoms with E-state index in [0.29, 0.717) is 6.42 Å². The van der Waals surface area contributed by atoms with Crippen LogP contribution >= 0.6 is 0 Å². The normalized spacial score (nSPS) is 25.2. The highest BCUT2D eigenvalue weighted by molar-refractivity contribution is 5.63. The van der Waals surface area contributed by atoms with Crippen molar-refractivity contribution in [2.45, 2.75) is 31.0 Å². The van der Waals surface area contributed by atoms with E-state index in [1.165, 1.54) is 0 Å². The van der Waals surface area contributed by atoms with Crippen molar-refractivity contribution < 1.29 is 19.7 Å². The summed E-state index contributed by atoms with van der Waals surface area (Å²) in [5.74, 6) is 0. The van der Waals surface area contributed by atoms with Crippen LogP contribution in [0, 0.1) is 0 Å². The van der Waals surface area contributed by atoms with Crippen molar-refractivity contribution in [2.24, 2.45) is 0 Å². The van der Waals surface area contributed by atoms with Crippen molar-refractivity contribution in [3.63, 3.8) is 0 Å². The van der Waals surface area contributed by atoms with Gasteiger partial charge in [-0.15, -0.1) is 0 Å². The lowest BCUT2D eigenvalue weighted by Crippen LogP contribution is -2.47. The summed E-state index contributed by atoms with van der Waals surface area (Å²) in [5.41, 5.74) is 2.64. The zero-order valence-electron chi connectivity index (χ0n) is 13.4. The fourth-order valence-corrected chi connectivity index (χ4v) is 2.85. The first kappa shape index (κ1) is 16.9. The molecule has 0 unspecified atom stereocenters. The zero-order valence-corrected chi connectivity index (χ0v) is 13.4. The first-order valence-electron chi connectivity index (χ1n) is 8.06. The van der Waals surface area contributed by atoms with Gasteiger partial charge in [0.2, 0.25) is 0 Å². The van der Waals surface area contributed by atoms with Gasteiger partial charge in [-0.1, -0.05) is 67.2 Å². The van der Waals surface area contributed by atoms with Crippen molar-refractivity contribution in [3.05, 3.63) is 78.4 Å². The van der Waals surface area contributed by atoms with Gasteiger partial charge in [-0.2, -0.15) is 0 Å². The highest BCUT2D eigenvalue weighted by atomic mass is 16.7. The van der Waals surface area contributed by atoms with Crippen LogP contribution in [0.25, 0.3) is 5.57 Å². The summed E-state index contributed by atoms with van der Waals surface area (Å²) >= 11 is 0. The second-order valence-corrected chi connectivity index (χ2v) is 5.99. The van der Waals surface area contributed by atoms with E-state index in [2.05, 4.69) is 6.58 Å². The third kappa shape index (κ3) is 3.91. The van der Waals surface area contributed by atoms with Gasteiger partial charge in [-0.05, 0) is 11.1 Å². The van der Waals surface area contributed by atoms with Crippen molar-refractivity contribution >= 4 is 5.57 Å². The summed E-state index contributed by atoms with van der Waals surface area (Å²) in [6.07, 6.45) is -2.71. The van der Waals surface area contributed by atoms with E-state index in [4.69, 9.17) is 9.47 Å². The second kappa shape index (κ2) is 7.73. The highest BCUT2D eigenvalue weighted by Gasteiger charge is 2.36. The molecule has 2 aromatic rings. The Kier molecular flexibility index (Phi) is 5.43. The van der Waals surface area contributed by atoms with E-state index in [9.17, 15) is 10.2 Å². The van der Waals surface area contributed by atoms with Crippen LogP contribution in [-0.2, 0) is 9.47 Å².